The number of nitrogens with zero attached hydrogens (tertiary/aromatic N) is 2. The van der Waals surface area contributed by atoms with Gasteiger partial charge in [-0.3, -0.25) is 14.8 Å². The molecule has 0 aliphatic rings. The number of fused-ring (bicyclic) bond motifs is 1. The molecule has 2 heterocycles. The monoisotopic (exact) mass is 177 g/mol. The molecule has 0 aliphatic carbocycles. The highest BCUT2D eigenvalue weighted by molar-refractivity contribution is 5.76. The van der Waals surface area contributed by atoms with Crippen molar-refractivity contribution in [2.24, 2.45) is 0 Å². The number of rotatable bonds is 1. The summed E-state index contributed by atoms with van der Waals surface area (Å²) in [7, 11) is 1.44. The van der Waals surface area contributed by atoms with Crippen LogP contribution in [0.5, 0.6) is 6.01 Å². The second kappa shape index (κ2) is 2.85. The molecule has 13 heavy (non-hydrogen) atoms. The van der Waals surface area contributed by atoms with Crippen molar-refractivity contribution in [3.63, 3.8) is 0 Å². The van der Waals surface area contributed by atoms with Gasteiger partial charge in [0.15, 0.2) is 0 Å². The second-order valence-corrected chi connectivity index (χ2v) is 2.47. The summed E-state index contributed by atoms with van der Waals surface area (Å²) in [6.07, 6.45) is 3.07. The summed E-state index contributed by atoms with van der Waals surface area (Å²) in [6.45, 7) is 0. The molecule has 2 aromatic heterocycles. The van der Waals surface area contributed by atoms with Gasteiger partial charge in [0.05, 0.1) is 24.2 Å². The van der Waals surface area contributed by atoms with Crippen LogP contribution in [0, 0.1) is 0 Å². The number of pyridine rings is 1. The highest BCUT2D eigenvalue weighted by Gasteiger charge is 2.01. The molecule has 1 N–H and O–H groups in total. The number of methoxy groups -OCH3 is 1. The fraction of sp³-hybridized carbons (Fsp3) is 0.125. The predicted molar refractivity (Wildman–Crippen MR) is 46.7 cm³/mol. The highest BCUT2D eigenvalue weighted by Crippen LogP contribution is 2.06. The number of aromatic nitrogens is 3. The lowest BCUT2D eigenvalue weighted by Crippen LogP contribution is -2.09. The Labute approximate surface area is 73.4 Å². The van der Waals surface area contributed by atoms with Gasteiger partial charge in [-0.05, 0) is 6.07 Å². The van der Waals surface area contributed by atoms with E-state index in [2.05, 4.69) is 15.0 Å². The first-order chi connectivity index (χ1) is 6.31. The normalized spacial score (nSPS) is 10.2. The zero-order valence-corrected chi connectivity index (χ0v) is 6.94. The zero-order chi connectivity index (χ0) is 9.26. The Morgan fingerprint density at radius 2 is 2.38 bits per heavy atom. The Kier molecular flexibility index (Phi) is 1.70. The van der Waals surface area contributed by atoms with Crippen molar-refractivity contribution in [1.82, 2.24) is 15.0 Å². The van der Waals surface area contributed by atoms with Crippen LogP contribution >= 0.6 is 0 Å². The summed E-state index contributed by atoms with van der Waals surface area (Å²) in [5.41, 5.74) is 0.312. The van der Waals surface area contributed by atoms with Crippen molar-refractivity contribution in [3.8, 4) is 6.01 Å². The van der Waals surface area contributed by atoms with E-state index in [1.165, 1.54) is 13.3 Å². The Balaban J connectivity index is 2.85. The number of hydrogen-bond acceptors (Lipinski definition) is 4. The van der Waals surface area contributed by atoms with E-state index in [1.54, 1.807) is 12.3 Å². The lowest BCUT2D eigenvalue weighted by molar-refractivity contribution is 0.380. The van der Waals surface area contributed by atoms with Crippen LogP contribution in [0.25, 0.3) is 10.9 Å². The van der Waals surface area contributed by atoms with Crippen molar-refractivity contribution < 1.29 is 4.74 Å². The smallest absolute Gasteiger partial charge is 0.296 e. The van der Waals surface area contributed by atoms with E-state index in [0.29, 0.717) is 10.9 Å². The van der Waals surface area contributed by atoms with Crippen LogP contribution in [-0.4, -0.2) is 22.1 Å². The molecule has 0 aromatic carbocycles. The van der Waals surface area contributed by atoms with Crippen LogP contribution in [0.3, 0.4) is 0 Å². The molecule has 0 unspecified atom stereocenters. The molecule has 0 radical (unpaired) electrons. The van der Waals surface area contributed by atoms with Gasteiger partial charge in [-0.2, -0.15) is 4.98 Å². The first-order valence-corrected chi connectivity index (χ1v) is 3.69. The van der Waals surface area contributed by atoms with Gasteiger partial charge in [0.2, 0.25) is 0 Å². The molecular formula is C8H7N3O2. The molecule has 0 fully saturated rings. The molecule has 0 saturated carbocycles. The van der Waals surface area contributed by atoms with Gasteiger partial charge in [0.1, 0.15) is 0 Å². The number of H-pyrrole nitrogens is 1. The maximum Gasteiger partial charge on any atom is 0.296 e. The molecule has 0 saturated heterocycles. The predicted octanol–water partition coefficient (Wildman–Crippen LogP) is 0.327. The Morgan fingerprint density at radius 3 is 3.15 bits per heavy atom. The first kappa shape index (κ1) is 7.72. The fourth-order valence-corrected chi connectivity index (χ4v) is 1.07. The van der Waals surface area contributed by atoms with Crippen molar-refractivity contribution in [3.05, 3.63) is 28.8 Å². The third-order valence-corrected chi connectivity index (χ3v) is 1.68. The van der Waals surface area contributed by atoms with E-state index in [0.717, 1.165) is 0 Å². The van der Waals surface area contributed by atoms with Gasteiger partial charge in [-0.25, -0.2) is 0 Å². The molecule has 0 spiro atoms. The van der Waals surface area contributed by atoms with Crippen molar-refractivity contribution in [2.75, 3.05) is 7.11 Å². The number of nitrogens with one attached hydrogen (secondary N) is 1. The summed E-state index contributed by atoms with van der Waals surface area (Å²) in [4.78, 5) is 21.7. The Bertz CT molecular complexity index is 492. The van der Waals surface area contributed by atoms with Crippen molar-refractivity contribution >= 4 is 10.9 Å². The lowest BCUT2D eigenvalue weighted by Gasteiger charge is -1.98. The SMILES string of the molecule is COc1nc2cnccc2c(=O)[nH]1. The summed E-state index contributed by atoms with van der Waals surface area (Å²) in [6, 6.07) is 1.81. The van der Waals surface area contributed by atoms with E-state index in [-0.39, 0.29) is 11.6 Å². The third-order valence-electron chi connectivity index (χ3n) is 1.68. The van der Waals surface area contributed by atoms with Gasteiger partial charge >= 0.3 is 0 Å². The second-order valence-electron chi connectivity index (χ2n) is 2.47. The minimum Gasteiger partial charge on any atom is -0.468 e. The summed E-state index contributed by atoms with van der Waals surface area (Å²) < 4.78 is 4.81. The summed E-state index contributed by atoms with van der Waals surface area (Å²) in [5.74, 6) is 0. The van der Waals surface area contributed by atoms with Gasteiger partial charge in [0.25, 0.3) is 11.6 Å². The van der Waals surface area contributed by atoms with Crippen LogP contribution in [0.1, 0.15) is 0 Å². The van der Waals surface area contributed by atoms with Crippen LogP contribution < -0.4 is 10.3 Å². The molecule has 5 heteroatoms. The molecule has 66 valence electrons. The van der Waals surface area contributed by atoms with Crippen molar-refractivity contribution in [1.29, 1.82) is 0 Å². The average Bonchev–Trinajstić information content (AvgIpc) is 2.18. The third kappa shape index (κ3) is 1.24. The minimum atomic E-state index is -0.218. The molecule has 0 amide bonds. The lowest BCUT2D eigenvalue weighted by atomic mass is 10.3. The summed E-state index contributed by atoms with van der Waals surface area (Å²) >= 11 is 0. The molecule has 0 aliphatic heterocycles. The van der Waals surface area contributed by atoms with Gasteiger partial charge in [-0.15, -0.1) is 0 Å². The Morgan fingerprint density at radius 1 is 1.54 bits per heavy atom. The van der Waals surface area contributed by atoms with Gasteiger partial charge < -0.3 is 4.74 Å². The van der Waals surface area contributed by atoms with E-state index < -0.39 is 0 Å². The molecule has 2 aromatic rings. The zero-order valence-electron chi connectivity index (χ0n) is 6.94. The maximum atomic E-state index is 11.4. The molecular weight excluding hydrogens is 170 g/mol. The van der Waals surface area contributed by atoms with Crippen LogP contribution in [0.2, 0.25) is 0 Å². The van der Waals surface area contributed by atoms with E-state index >= 15 is 0 Å². The number of aromatic amines is 1. The molecule has 5 nitrogen and oxygen atoms in total. The van der Waals surface area contributed by atoms with Crippen LogP contribution in [0.15, 0.2) is 23.3 Å². The first-order valence-electron chi connectivity index (χ1n) is 3.69. The average molecular weight is 177 g/mol. The Hall–Kier alpha value is -1.91. The molecule has 2 rings (SSSR count). The largest absolute Gasteiger partial charge is 0.468 e. The van der Waals surface area contributed by atoms with E-state index in [9.17, 15) is 4.79 Å². The number of hydrogen-bond donors (Lipinski definition) is 1. The van der Waals surface area contributed by atoms with E-state index in [1.807, 2.05) is 0 Å². The quantitative estimate of drug-likeness (QED) is 0.681. The summed E-state index contributed by atoms with van der Waals surface area (Å²) in [5, 5.41) is 0.510. The topological polar surface area (TPSA) is 67.9 Å². The fourth-order valence-electron chi connectivity index (χ4n) is 1.07. The highest BCUT2D eigenvalue weighted by atomic mass is 16.5. The van der Waals surface area contributed by atoms with E-state index in [4.69, 9.17) is 4.74 Å². The maximum absolute atomic E-state index is 11.4. The van der Waals surface area contributed by atoms with Crippen LogP contribution in [0.4, 0.5) is 0 Å². The van der Waals surface area contributed by atoms with Crippen LogP contribution in [-0.2, 0) is 0 Å². The number of ether oxygens (including phenoxy) is 1. The molecule has 0 bridgehead atoms. The minimum absolute atomic E-state index is 0.200. The standard InChI is InChI=1S/C8H7N3O2/c1-13-8-10-6-4-9-3-2-5(6)7(12)11-8/h2-4H,1H3,(H,10,11,12). The van der Waals surface area contributed by atoms with Gasteiger partial charge in [0, 0.05) is 6.20 Å². The van der Waals surface area contributed by atoms with Crippen molar-refractivity contribution in [2.45, 2.75) is 0 Å². The molecule has 0 atom stereocenters. The van der Waals surface area contributed by atoms with Gasteiger partial charge in [-0.1, -0.05) is 0 Å².